The molecule has 2 amide bonds. The van der Waals surface area contributed by atoms with Crippen LogP contribution < -0.4 is 10.6 Å². The SMILES string of the molecule is O=C(CNC(=O)c1ccc(C(F)(F)F)cc1)NCCCO. The summed E-state index contributed by atoms with van der Waals surface area (Å²) < 4.78 is 37.1. The zero-order chi connectivity index (χ0) is 15.9. The molecule has 0 aliphatic carbocycles. The summed E-state index contributed by atoms with van der Waals surface area (Å²) in [6, 6.07) is 3.69. The highest BCUT2D eigenvalue weighted by molar-refractivity contribution is 5.96. The van der Waals surface area contributed by atoms with Crippen molar-refractivity contribution in [2.45, 2.75) is 12.6 Å². The lowest BCUT2D eigenvalue weighted by molar-refractivity contribution is -0.137. The molecule has 1 aromatic carbocycles. The van der Waals surface area contributed by atoms with Crippen LogP contribution in [0.15, 0.2) is 24.3 Å². The average molecular weight is 304 g/mol. The number of carbonyl (C=O) groups is 2. The molecule has 0 aromatic heterocycles. The van der Waals surface area contributed by atoms with Crippen LogP contribution in [-0.4, -0.2) is 36.6 Å². The van der Waals surface area contributed by atoms with E-state index in [2.05, 4.69) is 10.6 Å². The van der Waals surface area contributed by atoms with Gasteiger partial charge in [-0.3, -0.25) is 9.59 Å². The molecule has 1 aromatic rings. The molecular weight excluding hydrogens is 289 g/mol. The van der Waals surface area contributed by atoms with Crippen LogP contribution in [0.5, 0.6) is 0 Å². The van der Waals surface area contributed by atoms with Gasteiger partial charge in [0.2, 0.25) is 5.91 Å². The van der Waals surface area contributed by atoms with Gasteiger partial charge in [0.05, 0.1) is 12.1 Å². The van der Waals surface area contributed by atoms with E-state index in [-0.39, 0.29) is 25.3 Å². The number of benzene rings is 1. The molecule has 116 valence electrons. The van der Waals surface area contributed by atoms with Crippen molar-refractivity contribution in [1.29, 1.82) is 0 Å². The van der Waals surface area contributed by atoms with Crippen LogP contribution in [0.2, 0.25) is 0 Å². The molecular formula is C13H15F3N2O3. The molecule has 0 heterocycles. The number of alkyl halides is 3. The van der Waals surface area contributed by atoms with Gasteiger partial charge in [-0.1, -0.05) is 0 Å². The van der Waals surface area contributed by atoms with Crippen LogP contribution >= 0.6 is 0 Å². The second kappa shape index (κ2) is 7.63. The Hall–Kier alpha value is -2.09. The Morgan fingerprint density at radius 1 is 1.10 bits per heavy atom. The fourth-order valence-electron chi connectivity index (χ4n) is 1.44. The van der Waals surface area contributed by atoms with E-state index in [4.69, 9.17) is 5.11 Å². The maximum Gasteiger partial charge on any atom is 0.416 e. The van der Waals surface area contributed by atoms with Crippen LogP contribution in [-0.2, 0) is 11.0 Å². The minimum absolute atomic E-state index is 0.0335. The molecule has 0 bridgehead atoms. The minimum atomic E-state index is -4.46. The van der Waals surface area contributed by atoms with Gasteiger partial charge < -0.3 is 15.7 Å². The molecule has 0 saturated heterocycles. The van der Waals surface area contributed by atoms with E-state index in [1.165, 1.54) is 0 Å². The van der Waals surface area contributed by atoms with Crippen LogP contribution in [0.3, 0.4) is 0 Å². The molecule has 5 nitrogen and oxygen atoms in total. The smallest absolute Gasteiger partial charge is 0.396 e. The molecule has 8 heteroatoms. The number of aliphatic hydroxyl groups excluding tert-OH is 1. The van der Waals surface area contributed by atoms with Crippen LogP contribution in [0.25, 0.3) is 0 Å². The van der Waals surface area contributed by atoms with Crippen LogP contribution in [0.4, 0.5) is 13.2 Å². The van der Waals surface area contributed by atoms with E-state index in [1.54, 1.807) is 0 Å². The molecule has 0 unspecified atom stereocenters. The lowest BCUT2D eigenvalue weighted by Crippen LogP contribution is -2.37. The van der Waals surface area contributed by atoms with Crippen molar-refractivity contribution >= 4 is 11.8 Å². The van der Waals surface area contributed by atoms with E-state index in [0.717, 1.165) is 24.3 Å². The Labute approximate surface area is 119 Å². The highest BCUT2D eigenvalue weighted by atomic mass is 19.4. The first-order valence-electron chi connectivity index (χ1n) is 6.17. The van der Waals surface area contributed by atoms with Gasteiger partial charge in [-0.15, -0.1) is 0 Å². The molecule has 3 N–H and O–H groups in total. The summed E-state index contributed by atoms with van der Waals surface area (Å²) in [5.74, 6) is -1.08. The number of hydrogen-bond acceptors (Lipinski definition) is 3. The second-order valence-corrected chi connectivity index (χ2v) is 4.18. The monoisotopic (exact) mass is 304 g/mol. The van der Waals surface area contributed by atoms with Crippen LogP contribution in [0, 0.1) is 0 Å². The van der Waals surface area contributed by atoms with Crippen molar-refractivity contribution < 1.29 is 27.9 Å². The standard InChI is InChI=1S/C13H15F3N2O3/c14-13(15,16)10-4-2-9(3-5-10)12(21)18-8-11(20)17-6-1-7-19/h2-5,19H,1,6-8H2,(H,17,20)(H,18,21). The maximum atomic E-state index is 12.4. The zero-order valence-corrected chi connectivity index (χ0v) is 11.0. The highest BCUT2D eigenvalue weighted by Gasteiger charge is 2.30. The van der Waals surface area contributed by atoms with E-state index in [1.807, 2.05) is 0 Å². The molecule has 0 saturated carbocycles. The van der Waals surface area contributed by atoms with Gasteiger partial charge >= 0.3 is 6.18 Å². The summed E-state index contributed by atoms with van der Waals surface area (Å²) in [5, 5.41) is 13.3. The first kappa shape index (κ1) is 17.0. The number of nitrogens with one attached hydrogen (secondary N) is 2. The van der Waals surface area contributed by atoms with Crippen molar-refractivity contribution in [3.8, 4) is 0 Å². The fourth-order valence-corrected chi connectivity index (χ4v) is 1.44. The average Bonchev–Trinajstić information content (AvgIpc) is 2.44. The summed E-state index contributed by atoms with van der Waals surface area (Å²) in [7, 11) is 0. The molecule has 0 atom stereocenters. The summed E-state index contributed by atoms with van der Waals surface area (Å²) in [6.45, 7) is -0.0606. The summed E-state index contributed by atoms with van der Waals surface area (Å²) in [6.07, 6.45) is -4.06. The zero-order valence-electron chi connectivity index (χ0n) is 11.0. The molecule has 1 rings (SSSR count). The second-order valence-electron chi connectivity index (χ2n) is 4.18. The van der Waals surface area contributed by atoms with Gasteiger partial charge in [0, 0.05) is 18.7 Å². The van der Waals surface area contributed by atoms with Gasteiger partial charge in [0.25, 0.3) is 5.91 Å². The Kier molecular flexibility index (Phi) is 6.16. The van der Waals surface area contributed by atoms with Crippen molar-refractivity contribution in [3.05, 3.63) is 35.4 Å². The number of rotatable bonds is 6. The Morgan fingerprint density at radius 2 is 1.71 bits per heavy atom. The van der Waals surface area contributed by atoms with E-state index in [0.29, 0.717) is 6.42 Å². The molecule has 21 heavy (non-hydrogen) atoms. The molecule has 0 radical (unpaired) electrons. The predicted octanol–water partition coefficient (Wildman–Crippen LogP) is 0.934. The topological polar surface area (TPSA) is 78.4 Å². The minimum Gasteiger partial charge on any atom is -0.396 e. The number of carbonyl (C=O) groups excluding carboxylic acids is 2. The lowest BCUT2D eigenvalue weighted by Gasteiger charge is -2.08. The molecule has 0 fully saturated rings. The van der Waals surface area contributed by atoms with Crippen molar-refractivity contribution in [1.82, 2.24) is 10.6 Å². The van der Waals surface area contributed by atoms with E-state index < -0.39 is 23.6 Å². The number of aliphatic hydroxyl groups is 1. The highest BCUT2D eigenvalue weighted by Crippen LogP contribution is 2.28. The Balaban J connectivity index is 2.47. The van der Waals surface area contributed by atoms with Crippen molar-refractivity contribution in [2.75, 3.05) is 19.7 Å². The molecule has 0 aliphatic heterocycles. The van der Waals surface area contributed by atoms with Gasteiger partial charge in [-0.05, 0) is 30.7 Å². The quantitative estimate of drug-likeness (QED) is 0.684. The third-order valence-electron chi connectivity index (χ3n) is 2.54. The summed E-state index contributed by atoms with van der Waals surface area (Å²) >= 11 is 0. The van der Waals surface area contributed by atoms with E-state index in [9.17, 15) is 22.8 Å². The third kappa shape index (κ3) is 5.82. The normalized spacial score (nSPS) is 11.0. The van der Waals surface area contributed by atoms with Gasteiger partial charge in [0.15, 0.2) is 0 Å². The fraction of sp³-hybridized carbons (Fsp3) is 0.385. The lowest BCUT2D eigenvalue weighted by atomic mass is 10.1. The number of hydrogen-bond donors (Lipinski definition) is 3. The third-order valence-corrected chi connectivity index (χ3v) is 2.54. The van der Waals surface area contributed by atoms with Crippen LogP contribution in [0.1, 0.15) is 22.3 Å². The Bertz CT molecular complexity index is 486. The number of amides is 2. The summed E-state index contributed by atoms with van der Waals surface area (Å²) in [5.41, 5.74) is -0.813. The van der Waals surface area contributed by atoms with Gasteiger partial charge in [-0.2, -0.15) is 13.2 Å². The predicted molar refractivity (Wildman–Crippen MR) is 68.5 cm³/mol. The first-order chi connectivity index (χ1) is 9.84. The molecule has 0 spiro atoms. The van der Waals surface area contributed by atoms with E-state index >= 15 is 0 Å². The summed E-state index contributed by atoms with van der Waals surface area (Å²) in [4.78, 5) is 22.9. The number of halogens is 3. The van der Waals surface area contributed by atoms with Gasteiger partial charge in [0.1, 0.15) is 0 Å². The van der Waals surface area contributed by atoms with Crippen molar-refractivity contribution in [2.24, 2.45) is 0 Å². The molecule has 0 aliphatic rings. The largest absolute Gasteiger partial charge is 0.416 e. The Morgan fingerprint density at radius 3 is 2.24 bits per heavy atom. The first-order valence-corrected chi connectivity index (χ1v) is 6.17. The maximum absolute atomic E-state index is 12.4. The van der Waals surface area contributed by atoms with Crippen molar-refractivity contribution in [3.63, 3.8) is 0 Å². The van der Waals surface area contributed by atoms with Gasteiger partial charge in [-0.25, -0.2) is 0 Å².